The van der Waals surface area contributed by atoms with Gasteiger partial charge in [-0.15, -0.1) is 11.3 Å². The Labute approximate surface area is 197 Å². The SMILES string of the molecule is Cc1ccc(C)c(-c2csc(NP3(=O)C=C(c4ccccc4)OC(c4ccccc4)=C3)n2)c1. The van der Waals surface area contributed by atoms with Gasteiger partial charge in [-0.05, 0) is 25.5 Å². The summed E-state index contributed by atoms with van der Waals surface area (Å²) >= 11 is 1.45. The number of nitrogens with zero attached hydrogens (tertiary/aromatic N) is 1. The summed E-state index contributed by atoms with van der Waals surface area (Å²) in [5.41, 5.74) is 6.05. The molecule has 0 bridgehead atoms. The molecule has 6 heteroatoms. The average Bonchev–Trinajstić information content (AvgIpc) is 3.29. The van der Waals surface area contributed by atoms with Crippen molar-refractivity contribution in [3.05, 3.63) is 118 Å². The first-order valence-electron chi connectivity index (χ1n) is 10.6. The summed E-state index contributed by atoms with van der Waals surface area (Å²) in [6.07, 6.45) is 0. The monoisotopic (exact) mass is 470 g/mol. The highest BCUT2D eigenvalue weighted by molar-refractivity contribution is 7.72. The van der Waals surface area contributed by atoms with Gasteiger partial charge in [0.2, 0.25) is 7.29 Å². The number of aryl methyl sites for hydroxylation is 2. The molecule has 0 radical (unpaired) electrons. The highest BCUT2D eigenvalue weighted by Crippen LogP contribution is 2.56. The van der Waals surface area contributed by atoms with Crippen LogP contribution in [-0.4, -0.2) is 4.98 Å². The summed E-state index contributed by atoms with van der Waals surface area (Å²) in [7, 11) is -3.13. The lowest BCUT2D eigenvalue weighted by atomic mass is 10.0. The normalized spacial score (nSPS) is 14.7. The zero-order valence-corrected chi connectivity index (χ0v) is 20.1. The van der Waals surface area contributed by atoms with Gasteiger partial charge in [0.05, 0.1) is 5.69 Å². The predicted molar refractivity (Wildman–Crippen MR) is 138 cm³/mol. The molecule has 0 saturated carbocycles. The van der Waals surface area contributed by atoms with Gasteiger partial charge in [0.1, 0.15) is 11.5 Å². The van der Waals surface area contributed by atoms with Crippen molar-refractivity contribution in [2.45, 2.75) is 13.8 Å². The molecule has 0 aliphatic carbocycles. The van der Waals surface area contributed by atoms with E-state index in [9.17, 15) is 4.57 Å². The highest BCUT2D eigenvalue weighted by Gasteiger charge is 2.28. The smallest absolute Gasteiger partial charge is 0.222 e. The van der Waals surface area contributed by atoms with Crippen LogP contribution < -0.4 is 5.09 Å². The van der Waals surface area contributed by atoms with Gasteiger partial charge in [-0.3, -0.25) is 4.57 Å². The van der Waals surface area contributed by atoms with Crippen molar-refractivity contribution in [2.75, 3.05) is 5.09 Å². The lowest BCUT2D eigenvalue weighted by Gasteiger charge is -2.23. The topological polar surface area (TPSA) is 51.2 Å². The Morgan fingerprint density at radius 2 is 1.45 bits per heavy atom. The Morgan fingerprint density at radius 3 is 2.06 bits per heavy atom. The van der Waals surface area contributed by atoms with Gasteiger partial charge >= 0.3 is 0 Å². The summed E-state index contributed by atoms with van der Waals surface area (Å²) in [6, 6.07) is 25.8. The maximum absolute atomic E-state index is 14.1. The average molecular weight is 471 g/mol. The van der Waals surface area contributed by atoms with Crippen molar-refractivity contribution in [3.63, 3.8) is 0 Å². The fraction of sp³-hybridized carbons (Fsp3) is 0.0741. The third-order valence-electron chi connectivity index (χ3n) is 5.40. The van der Waals surface area contributed by atoms with Crippen molar-refractivity contribution in [2.24, 2.45) is 0 Å². The lowest BCUT2D eigenvalue weighted by molar-refractivity contribution is 0.469. The van der Waals surface area contributed by atoms with Crippen LogP contribution in [0.25, 0.3) is 22.8 Å². The van der Waals surface area contributed by atoms with Gasteiger partial charge in [-0.1, -0.05) is 78.4 Å². The second kappa shape index (κ2) is 8.86. The van der Waals surface area contributed by atoms with Gasteiger partial charge < -0.3 is 9.82 Å². The fourth-order valence-corrected chi connectivity index (χ4v) is 6.55. The molecule has 0 unspecified atom stereocenters. The molecular formula is C27H23N2O2PS. The van der Waals surface area contributed by atoms with Gasteiger partial charge in [0.25, 0.3) is 0 Å². The molecule has 1 aromatic heterocycles. The number of hydrogen-bond acceptors (Lipinski definition) is 4. The summed E-state index contributed by atoms with van der Waals surface area (Å²) in [5.74, 6) is 4.51. The Balaban J connectivity index is 1.52. The number of anilines is 1. The molecule has 0 saturated heterocycles. The summed E-state index contributed by atoms with van der Waals surface area (Å²) in [6.45, 7) is 4.14. The Kier molecular flexibility index (Phi) is 5.76. The van der Waals surface area contributed by atoms with Crippen molar-refractivity contribution in [1.82, 2.24) is 4.98 Å². The number of thiazole rings is 1. The Bertz CT molecular complexity index is 1350. The number of rotatable bonds is 5. The minimum atomic E-state index is -3.13. The molecule has 164 valence electrons. The second-order valence-electron chi connectivity index (χ2n) is 8.00. The maximum atomic E-state index is 14.1. The number of nitrogens with one attached hydrogen (secondary N) is 1. The fourth-order valence-electron chi connectivity index (χ4n) is 3.70. The molecule has 33 heavy (non-hydrogen) atoms. The third-order valence-corrected chi connectivity index (χ3v) is 8.10. The molecule has 2 heterocycles. The molecule has 0 spiro atoms. The molecule has 4 nitrogen and oxygen atoms in total. The molecule has 5 rings (SSSR count). The minimum absolute atomic E-state index is 0.569. The molecule has 1 N–H and O–H groups in total. The van der Waals surface area contributed by atoms with Crippen molar-refractivity contribution < 1.29 is 9.30 Å². The van der Waals surface area contributed by atoms with Crippen LogP contribution in [0.4, 0.5) is 5.13 Å². The van der Waals surface area contributed by atoms with E-state index < -0.39 is 7.29 Å². The van der Waals surface area contributed by atoms with Crippen molar-refractivity contribution in [3.8, 4) is 11.3 Å². The Hall–Kier alpha value is -3.40. The van der Waals surface area contributed by atoms with Crippen molar-refractivity contribution >= 4 is 35.3 Å². The second-order valence-corrected chi connectivity index (χ2v) is 11.0. The zero-order valence-electron chi connectivity index (χ0n) is 18.4. The minimum Gasteiger partial charge on any atom is -0.456 e. The first-order valence-corrected chi connectivity index (χ1v) is 13.4. The molecule has 0 fully saturated rings. The molecule has 0 atom stereocenters. The van der Waals surface area contributed by atoms with E-state index in [2.05, 4.69) is 37.1 Å². The molecule has 1 aliphatic heterocycles. The quantitative estimate of drug-likeness (QED) is 0.299. The van der Waals surface area contributed by atoms with Gasteiger partial charge in [0, 0.05) is 33.7 Å². The van der Waals surface area contributed by atoms with E-state index in [1.807, 2.05) is 66.0 Å². The summed E-state index contributed by atoms with van der Waals surface area (Å²) in [5, 5.41) is 5.83. The van der Waals surface area contributed by atoms with E-state index in [0.717, 1.165) is 27.9 Å². The van der Waals surface area contributed by atoms with Crippen LogP contribution in [0.5, 0.6) is 0 Å². The van der Waals surface area contributed by atoms with Crippen LogP contribution in [0.3, 0.4) is 0 Å². The van der Waals surface area contributed by atoms with E-state index in [-0.39, 0.29) is 0 Å². The number of hydrogen-bond donors (Lipinski definition) is 1. The number of aromatic nitrogens is 1. The van der Waals surface area contributed by atoms with Gasteiger partial charge in [-0.2, -0.15) is 0 Å². The van der Waals surface area contributed by atoms with Gasteiger partial charge in [-0.25, -0.2) is 4.98 Å². The van der Waals surface area contributed by atoms with E-state index in [1.165, 1.54) is 16.9 Å². The molecule has 1 aliphatic rings. The van der Waals surface area contributed by atoms with Crippen LogP contribution >= 0.6 is 18.6 Å². The van der Waals surface area contributed by atoms with E-state index in [4.69, 9.17) is 9.72 Å². The number of benzene rings is 3. The van der Waals surface area contributed by atoms with E-state index in [1.54, 1.807) is 11.6 Å². The van der Waals surface area contributed by atoms with Crippen LogP contribution in [0, 0.1) is 13.8 Å². The molecule has 0 amide bonds. The lowest BCUT2D eigenvalue weighted by Crippen LogP contribution is -2.03. The molecule has 4 aromatic rings. The first-order chi connectivity index (χ1) is 16.0. The number of ether oxygens (including phenoxy) is 1. The van der Waals surface area contributed by atoms with Crippen LogP contribution in [0.15, 0.2) is 95.9 Å². The summed E-state index contributed by atoms with van der Waals surface area (Å²) < 4.78 is 20.2. The standard InChI is InChI=1S/C27H23N2O2PS/c1-19-13-14-20(2)23(15-19)24-18-33-27(28-24)29-32(30)16-25(21-9-5-3-6-10-21)31-26(17-32)22-11-7-4-8-12-22/h3-18H,1-2H3,(H,28,29,30). The van der Waals surface area contributed by atoms with Crippen LogP contribution in [0.1, 0.15) is 22.3 Å². The predicted octanol–water partition coefficient (Wildman–Crippen LogP) is 8.14. The third kappa shape index (κ3) is 4.70. The van der Waals surface area contributed by atoms with Crippen molar-refractivity contribution in [1.29, 1.82) is 0 Å². The first kappa shape index (κ1) is 21.4. The molecular weight excluding hydrogens is 447 g/mol. The maximum Gasteiger partial charge on any atom is 0.222 e. The van der Waals surface area contributed by atoms with E-state index in [0.29, 0.717) is 16.6 Å². The largest absolute Gasteiger partial charge is 0.456 e. The van der Waals surface area contributed by atoms with E-state index >= 15 is 0 Å². The van der Waals surface area contributed by atoms with Crippen LogP contribution in [-0.2, 0) is 9.30 Å². The summed E-state index contributed by atoms with van der Waals surface area (Å²) in [4.78, 5) is 4.75. The molecule has 3 aromatic carbocycles. The van der Waals surface area contributed by atoms with Gasteiger partial charge in [0.15, 0.2) is 5.13 Å². The zero-order chi connectivity index (χ0) is 22.8. The Morgan fingerprint density at radius 1 is 0.848 bits per heavy atom. The van der Waals surface area contributed by atoms with Crippen LogP contribution in [0.2, 0.25) is 0 Å². The highest BCUT2D eigenvalue weighted by atomic mass is 32.1.